The summed E-state index contributed by atoms with van der Waals surface area (Å²) in [5.74, 6) is 1.14. The molecule has 2 aromatic rings. The van der Waals surface area contributed by atoms with E-state index in [4.69, 9.17) is 5.73 Å². The van der Waals surface area contributed by atoms with Crippen LogP contribution in [0.15, 0.2) is 30.3 Å². The standard InChI is InChI=1S/C22H32N6O/c1-4-5-16(2)24-20-15-19(25-22(23)26-20)14-17-6-8-18(9-7-17)21(29)28-12-10-27(3)11-13-28/h6-9,15-16H,4-5,10-14H2,1-3H3,(H3,23,24,25,26)/t16-/m1/s1. The SMILES string of the molecule is CCC[C@@H](C)Nc1cc(Cc2ccc(C(=O)N3CCN(C)CC3)cc2)nc(N)n1. The van der Waals surface area contributed by atoms with E-state index < -0.39 is 0 Å². The fourth-order valence-corrected chi connectivity index (χ4v) is 3.61. The molecule has 0 radical (unpaired) electrons. The normalized spacial score (nSPS) is 15.9. The van der Waals surface area contributed by atoms with Crippen molar-refractivity contribution in [3.8, 4) is 0 Å². The molecular weight excluding hydrogens is 364 g/mol. The summed E-state index contributed by atoms with van der Waals surface area (Å²) in [5.41, 5.74) is 8.59. The summed E-state index contributed by atoms with van der Waals surface area (Å²) in [6.45, 7) is 7.71. The number of piperazine rings is 1. The molecule has 0 bridgehead atoms. The Kier molecular flexibility index (Phi) is 7.04. The van der Waals surface area contributed by atoms with E-state index in [-0.39, 0.29) is 11.9 Å². The Morgan fingerprint density at radius 2 is 1.86 bits per heavy atom. The molecule has 1 aliphatic heterocycles. The molecule has 1 aromatic heterocycles. The Balaban J connectivity index is 1.65. The smallest absolute Gasteiger partial charge is 0.253 e. The van der Waals surface area contributed by atoms with E-state index >= 15 is 0 Å². The third-order valence-corrected chi connectivity index (χ3v) is 5.29. The summed E-state index contributed by atoms with van der Waals surface area (Å²) in [4.78, 5) is 25.5. The molecule has 0 unspecified atom stereocenters. The summed E-state index contributed by atoms with van der Waals surface area (Å²) in [7, 11) is 2.09. The van der Waals surface area contributed by atoms with E-state index in [1.807, 2.05) is 35.2 Å². The van der Waals surface area contributed by atoms with Crippen molar-refractivity contribution in [3.05, 3.63) is 47.2 Å². The Morgan fingerprint density at radius 1 is 1.17 bits per heavy atom. The number of benzene rings is 1. The van der Waals surface area contributed by atoms with Crippen LogP contribution in [0.2, 0.25) is 0 Å². The number of hydrogen-bond donors (Lipinski definition) is 2. The quantitative estimate of drug-likeness (QED) is 0.748. The van der Waals surface area contributed by atoms with Crippen molar-refractivity contribution in [1.29, 1.82) is 0 Å². The molecule has 0 spiro atoms. The van der Waals surface area contributed by atoms with Crippen LogP contribution in [0.4, 0.5) is 11.8 Å². The first-order valence-corrected chi connectivity index (χ1v) is 10.4. The van der Waals surface area contributed by atoms with Gasteiger partial charge < -0.3 is 20.9 Å². The molecule has 1 amide bonds. The second kappa shape index (κ2) is 9.69. The highest BCUT2D eigenvalue weighted by molar-refractivity contribution is 5.94. The van der Waals surface area contributed by atoms with Gasteiger partial charge in [0, 0.05) is 50.3 Å². The monoisotopic (exact) mass is 396 g/mol. The van der Waals surface area contributed by atoms with Crippen molar-refractivity contribution in [1.82, 2.24) is 19.8 Å². The highest BCUT2D eigenvalue weighted by Crippen LogP contribution is 2.16. The van der Waals surface area contributed by atoms with E-state index in [0.29, 0.717) is 12.5 Å². The Labute approximate surface area is 173 Å². The van der Waals surface area contributed by atoms with Crippen molar-refractivity contribution in [2.75, 3.05) is 44.3 Å². The van der Waals surface area contributed by atoms with Crippen LogP contribution in [0.5, 0.6) is 0 Å². The van der Waals surface area contributed by atoms with Gasteiger partial charge in [0.05, 0.1) is 5.69 Å². The van der Waals surface area contributed by atoms with E-state index in [9.17, 15) is 4.79 Å². The average molecular weight is 397 g/mol. The topological polar surface area (TPSA) is 87.4 Å². The van der Waals surface area contributed by atoms with E-state index in [2.05, 4.69) is 41.1 Å². The largest absolute Gasteiger partial charge is 0.368 e. The molecule has 1 saturated heterocycles. The maximum atomic E-state index is 12.7. The third kappa shape index (κ3) is 5.90. The molecule has 29 heavy (non-hydrogen) atoms. The van der Waals surface area contributed by atoms with Crippen LogP contribution in [-0.4, -0.2) is 64.9 Å². The van der Waals surface area contributed by atoms with Gasteiger partial charge in [-0.1, -0.05) is 25.5 Å². The van der Waals surface area contributed by atoms with Gasteiger partial charge in [-0.25, -0.2) is 4.98 Å². The summed E-state index contributed by atoms with van der Waals surface area (Å²) in [6, 6.07) is 10.1. The lowest BCUT2D eigenvalue weighted by Gasteiger charge is -2.32. The molecule has 1 aromatic carbocycles. The number of likely N-dealkylation sites (N-methyl/N-ethyl adjacent to an activating group) is 1. The lowest BCUT2D eigenvalue weighted by molar-refractivity contribution is 0.0664. The number of aromatic nitrogens is 2. The van der Waals surface area contributed by atoms with E-state index in [1.165, 1.54) is 0 Å². The van der Waals surface area contributed by atoms with Gasteiger partial charge in [0.1, 0.15) is 5.82 Å². The van der Waals surface area contributed by atoms with Gasteiger partial charge in [0.15, 0.2) is 0 Å². The Bertz CT molecular complexity index is 815. The zero-order chi connectivity index (χ0) is 20.8. The molecule has 3 N–H and O–H groups in total. The van der Waals surface area contributed by atoms with Gasteiger partial charge in [0.25, 0.3) is 5.91 Å². The second-order valence-corrected chi connectivity index (χ2v) is 7.91. The first-order valence-electron chi connectivity index (χ1n) is 10.4. The molecule has 1 aliphatic rings. The Hall–Kier alpha value is -2.67. The first kappa shape index (κ1) is 21.0. The summed E-state index contributed by atoms with van der Waals surface area (Å²) < 4.78 is 0. The van der Waals surface area contributed by atoms with Gasteiger partial charge in [-0.3, -0.25) is 4.79 Å². The fraction of sp³-hybridized carbons (Fsp3) is 0.500. The van der Waals surface area contributed by atoms with Crippen LogP contribution >= 0.6 is 0 Å². The highest BCUT2D eigenvalue weighted by atomic mass is 16.2. The van der Waals surface area contributed by atoms with Crippen LogP contribution in [0.25, 0.3) is 0 Å². The van der Waals surface area contributed by atoms with Crippen LogP contribution in [0.1, 0.15) is 48.3 Å². The maximum absolute atomic E-state index is 12.7. The lowest BCUT2D eigenvalue weighted by atomic mass is 10.1. The number of nitrogens with zero attached hydrogens (tertiary/aromatic N) is 4. The number of rotatable bonds is 7. The van der Waals surface area contributed by atoms with Gasteiger partial charge >= 0.3 is 0 Å². The maximum Gasteiger partial charge on any atom is 0.253 e. The highest BCUT2D eigenvalue weighted by Gasteiger charge is 2.20. The van der Waals surface area contributed by atoms with Gasteiger partial charge in [-0.05, 0) is 38.1 Å². The van der Waals surface area contributed by atoms with Crippen molar-refractivity contribution in [2.45, 2.75) is 39.2 Å². The van der Waals surface area contributed by atoms with Crippen LogP contribution in [-0.2, 0) is 6.42 Å². The zero-order valence-corrected chi connectivity index (χ0v) is 17.7. The lowest BCUT2D eigenvalue weighted by Crippen LogP contribution is -2.47. The van der Waals surface area contributed by atoms with E-state index in [1.54, 1.807) is 0 Å². The predicted molar refractivity (Wildman–Crippen MR) is 117 cm³/mol. The number of carbonyl (C=O) groups excluding carboxylic acids is 1. The number of carbonyl (C=O) groups is 1. The fourth-order valence-electron chi connectivity index (χ4n) is 3.61. The molecule has 2 heterocycles. The van der Waals surface area contributed by atoms with Crippen molar-refractivity contribution < 1.29 is 4.79 Å². The van der Waals surface area contributed by atoms with Crippen LogP contribution in [0.3, 0.4) is 0 Å². The van der Waals surface area contributed by atoms with Gasteiger partial charge in [-0.15, -0.1) is 0 Å². The molecule has 1 fully saturated rings. The molecule has 7 heteroatoms. The minimum atomic E-state index is 0.104. The van der Waals surface area contributed by atoms with Gasteiger partial charge in [-0.2, -0.15) is 4.98 Å². The molecular formula is C22H32N6O. The predicted octanol–water partition coefficient (Wildman–Crippen LogP) is 2.64. The zero-order valence-electron chi connectivity index (χ0n) is 17.7. The summed E-state index contributed by atoms with van der Waals surface area (Å²) in [6.07, 6.45) is 2.83. The number of anilines is 2. The number of nitrogens with two attached hydrogens (primary N) is 1. The number of nitrogen functional groups attached to an aromatic ring is 1. The number of hydrogen-bond acceptors (Lipinski definition) is 6. The van der Waals surface area contributed by atoms with E-state index in [0.717, 1.165) is 61.7 Å². The minimum absolute atomic E-state index is 0.104. The molecule has 3 rings (SSSR count). The molecule has 0 saturated carbocycles. The average Bonchev–Trinajstić information content (AvgIpc) is 2.68. The van der Waals surface area contributed by atoms with Crippen molar-refractivity contribution in [2.24, 2.45) is 0 Å². The number of nitrogens with one attached hydrogen (secondary N) is 1. The molecule has 1 atom stereocenters. The first-order chi connectivity index (χ1) is 13.9. The van der Waals surface area contributed by atoms with Crippen LogP contribution < -0.4 is 11.1 Å². The molecule has 156 valence electrons. The third-order valence-electron chi connectivity index (χ3n) is 5.29. The Morgan fingerprint density at radius 3 is 2.52 bits per heavy atom. The van der Waals surface area contributed by atoms with Crippen molar-refractivity contribution in [3.63, 3.8) is 0 Å². The van der Waals surface area contributed by atoms with Crippen molar-refractivity contribution >= 4 is 17.7 Å². The van der Waals surface area contributed by atoms with Crippen LogP contribution in [0, 0.1) is 0 Å². The molecule has 7 nitrogen and oxygen atoms in total. The number of amides is 1. The summed E-state index contributed by atoms with van der Waals surface area (Å²) >= 11 is 0. The summed E-state index contributed by atoms with van der Waals surface area (Å²) in [5, 5.41) is 3.39. The molecule has 0 aliphatic carbocycles. The van der Waals surface area contributed by atoms with Gasteiger partial charge in [0.2, 0.25) is 5.95 Å². The second-order valence-electron chi connectivity index (χ2n) is 7.91. The minimum Gasteiger partial charge on any atom is -0.368 e.